The van der Waals surface area contributed by atoms with Crippen LogP contribution in [0.15, 0.2) is 59.7 Å². The third kappa shape index (κ3) is 3.11. The van der Waals surface area contributed by atoms with Gasteiger partial charge in [-0.25, -0.2) is 0 Å². The molecule has 112 valence electrons. The number of allylic oxidation sites excluding steroid dienone is 1. The molecule has 22 heavy (non-hydrogen) atoms. The Morgan fingerprint density at radius 1 is 0.955 bits per heavy atom. The highest BCUT2D eigenvalue weighted by atomic mass is 15.3. The van der Waals surface area contributed by atoms with Crippen molar-refractivity contribution < 1.29 is 0 Å². The molecule has 2 heteroatoms. The Bertz CT molecular complexity index is 720. The van der Waals surface area contributed by atoms with Crippen LogP contribution in [0.1, 0.15) is 48.9 Å². The summed E-state index contributed by atoms with van der Waals surface area (Å²) >= 11 is 0. The molecule has 0 amide bonds. The van der Waals surface area contributed by atoms with Gasteiger partial charge in [0.05, 0.1) is 6.21 Å². The van der Waals surface area contributed by atoms with E-state index in [-0.39, 0.29) is 5.54 Å². The van der Waals surface area contributed by atoms with E-state index in [1.165, 1.54) is 16.7 Å². The van der Waals surface area contributed by atoms with Crippen LogP contribution in [0.5, 0.6) is 0 Å². The van der Waals surface area contributed by atoms with Crippen LogP contribution < -0.4 is 5.43 Å². The largest absolute Gasteiger partial charge is 0.305 e. The second kappa shape index (κ2) is 5.80. The van der Waals surface area contributed by atoms with E-state index in [9.17, 15) is 0 Å². The summed E-state index contributed by atoms with van der Waals surface area (Å²) in [7, 11) is 0. The monoisotopic (exact) mass is 290 g/mol. The standard InChI is InChI=1S/C20H22N2/c1-20(2,3)22-21-14-16-9-5-7-11-18(16)19-13-12-15-8-4-6-10-17(15)19/h4-14,19,22H,1-3H3. The van der Waals surface area contributed by atoms with Gasteiger partial charge in [0, 0.05) is 11.5 Å². The van der Waals surface area contributed by atoms with Crippen molar-refractivity contribution in [3.8, 4) is 0 Å². The van der Waals surface area contributed by atoms with Crippen molar-refractivity contribution in [1.82, 2.24) is 5.43 Å². The van der Waals surface area contributed by atoms with E-state index >= 15 is 0 Å². The van der Waals surface area contributed by atoms with Gasteiger partial charge >= 0.3 is 0 Å². The molecule has 1 atom stereocenters. The molecule has 0 aliphatic heterocycles. The predicted molar refractivity (Wildman–Crippen MR) is 94.2 cm³/mol. The van der Waals surface area contributed by atoms with E-state index in [0.29, 0.717) is 5.92 Å². The summed E-state index contributed by atoms with van der Waals surface area (Å²) < 4.78 is 0. The molecule has 0 aromatic heterocycles. The van der Waals surface area contributed by atoms with Crippen molar-refractivity contribution in [2.45, 2.75) is 32.2 Å². The van der Waals surface area contributed by atoms with Gasteiger partial charge < -0.3 is 5.43 Å². The third-order valence-electron chi connectivity index (χ3n) is 3.73. The number of hydrogen-bond acceptors (Lipinski definition) is 2. The first-order valence-corrected chi connectivity index (χ1v) is 7.71. The number of benzene rings is 2. The minimum atomic E-state index is -0.0225. The molecule has 3 rings (SSSR count). The first-order valence-electron chi connectivity index (χ1n) is 7.71. The van der Waals surface area contributed by atoms with Crippen molar-refractivity contribution in [1.29, 1.82) is 0 Å². The van der Waals surface area contributed by atoms with Crippen molar-refractivity contribution >= 4 is 12.3 Å². The van der Waals surface area contributed by atoms with E-state index in [2.05, 4.69) is 92.0 Å². The van der Waals surface area contributed by atoms with Gasteiger partial charge in [-0.3, -0.25) is 0 Å². The Morgan fingerprint density at radius 3 is 2.41 bits per heavy atom. The van der Waals surface area contributed by atoms with Crippen LogP contribution >= 0.6 is 0 Å². The highest BCUT2D eigenvalue weighted by molar-refractivity contribution is 5.83. The van der Waals surface area contributed by atoms with Crippen molar-refractivity contribution in [2.75, 3.05) is 0 Å². The summed E-state index contributed by atoms with van der Waals surface area (Å²) in [6, 6.07) is 17.0. The van der Waals surface area contributed by atoms with E-state index in [4.69, 9.17) is 0 Å². The molecule has 0 heterocycles. The first-order chi connectivity index (χ1) is 10.5. The number of rotatable bonds is 3. The van der Waals surface area contributed by atoms with Crippen LogP contribution in [0.2, 0.25) is 0 Å². The Morgan fingerprint density at radius 2 is 1.64 bits per heavy atom. The third-order valence-corrected chi connectivity index (χ3v) is 3.73. The van der Waals surface area contributed by atoms with E-state index < -0.39 is 0 Å². The topological polar surface area (TPSA) is 24.4 Å². The van der Waals surface area contributed by atoms with Gasteiger partial charge in [0.25, 0.3) is 0 Å². The van der Waals surface area contributed by atoms with Crippen LogP contribution in [0.4, 0.5) is 0 Å². The number of hydrazone groups is 1. The van der Waals surface area contributed by atoms with E-state index in [0.717, 1.165) is 5.56 Å². The van der Waals surface area contributed by atoms with Crippen LogP contribution in [-0.4, -0.2) is 11.8 Å². The minimum Gasteiger partial charge on any atom is -0.305 e. The quantitative estimate of drug-likeness (QED) is 0.650. The fraction of sp³-hybridized carbons (Fsp3) is 0.250. The van der Waals surface area contributed by atoms with E-state index in [1.807, 2.05) is 6.21 Å². The molecule has 0 saturated heterocycles. The van der Waals surface area contributed by atoms with Crippen molar-refractivity contribution in [2.24, 2.45) is 5.10 Å². The lowest BCUT2D eigenvalue weighted by atomic mass is 9.90. The number of hydrogen-bond donors (Lipinski definition) is 1. The highest BCUT2D eigenvalue weighted by Gasteiger charge is 2.20. The molecule has 0 fully saturated rings. The molecule has 1 unspecified atom stereocenters. The summed E-state index contributed by atoms with van der Waals surface area (Å²) in [6.45, 7) is 6.31. The fourth-order valence-electron chi connectivity index (χ4n) is 2.73. The highest BCUT2D eigenvalue weighted by Crippen LogP contribution is 2.36. The van der Waals surface area contributed by atoms with Crippen molar-refractivity contribution in [3.63, 3.8) is 0 Å². The maximum Gasteiger partial charge on any atom is 0.0543 e. The zero-order valence-corrected chi connectivity index (χ0v) is 13.4. The summed E-state index contributed by atoms with van der Waals surface area (Å²) in [5.41, 5.74) is 8.27. The molecule has 0 spiro atoms. The van der Waals surface area contributed by atoms with Gasteiger partial charge in [-0.1, -0.05) is 60.7 Å². The molecule has 2 nitrogen and oxygen atoms in total. The Kier molecular flexibility index (Phi) is 3.84. The lowest BCUT2D eigenvalue weighted by molar-refractivity contribution is 0.442. The normalized spacial score (nSPS) is 17.0. The van der Waals surface area contributed by atoms with Gasteiger partial charge in [0.2, 0.25) is 0 Å². The molecular formula is C20H22N2. The van der Waals surface area contributed by atoms with Crippen LogP contribution in [0.3, 0.4) is 0 Å². The second-order valence-corrected chi connectivity index (χ2v) is 6.71. The summed E-state index contributed by atoms with van der Waals surface area (Å²) in [4.78, 5) is 0. The van der Waals surface area contributed by atoms with E-state index in [1.54, 1.807) is 0 Å². The lowest BCUT2D eigenvalue weighted by Gasteiger charge is -2.18. The molecule has 1 aliphatic rings. The average molecular weight is 290 g/mol. The molecule has 0 saturated carbocycles. The number of nitrogens with zero attached hydrogens (tertiary/aromatic N) is 1. The number of fused-ring (bicyclic) bond motifs is 1. The Labute approximate surface area is 132 Å². The maximum absolute atomic E-state index is 4.40. The first kappa shape index (κ1) is 14.6. The fourth-order valence-corrected chi connectivity index (χ4v) is 2.73. The van der Waals surface area contributed by atoms with Gasteiger partial charge in [-0.15, -0.1) is 0 Å². The molecule has 0 radical (unpaired) electrons. The minimum absolute atomic E-state index is 0.0225. The number of nitrogens with one attached hydrogen (secondary N) is 1. The molecular weight excluding hydrogens is 268 g/mol. The summed E-state index contributed by atoms with van der Waals surface area (Å²) in [5, 5.41) is 4.40. The van der Waals surface area contributed by atoms with Gasteiger partial charge in [0.1, 0.15) is 0 Å². The zero-order valence-electron chi connectivity index (χ0n) is 13.4. The van der Waals surface area contributed by atoms with Crippen LogP contribution in [0, 0.1) is 0 Å². The molecule has 1 aliphatic carbocycles. The zero-order chi connectivity index (χ0) is 15.6. The van der Waals surface area contributed by atoms with Gasteiger partial charge in [-0.05, 0) is 43.0 Å². The van der Waals surface area contributed by atoms with Crippen LogP contribution in [-0.2, 0) is 0 Å². The molecule has 0 bridgehead atoms. The molecule has 2 aromatic rings. The molecule has 2 aromatic carbocycles. The predicted octanol–water partition coefficient (Wildman–Crippen LogP) is 4.57. The Hall–Kier alpha value is -2.35. The van der Waals surface area contributed by atoms with Gasteiger partial charge in [-0.2, -0.15) is 5.10 Å². The average Bonchev–Trinajstić information content (AvgIpc) is 2.90. The van der Waals surface area contributed by atoms with Crippen LogP contribution in [0.25, 0.3) is 6.08 Å². The van der Waals surface area contributed by atoms with Crippen molar-refractivity contribution in [3.05, 3.63) is 76.9 Å². The molecule has 1 N–H and O–H groups in total. The maximum atomic E-state index is 4.40. The smallest absolute Gasteiger partial charge is 0.0543 e. The second-order valence-electron chi connectivity index (χ2n) is 6.71. The lowest BCUT2D eigenvalue weighted by Crippen LogP contribution is -2.31. The SMILES string of the molecule is CC(C)(C)NN=Cc1ccccc1C1C=Cc2ccccc21. The Balaban J connectivity index is 1.92. The summed E-state index contributed by atoms with van der Waals surface area (Å²) in [6.07, 6.45) is 6.41. The summed E-state index contributed by atoms with van der Waals surface area (Å²) in [5.74, 6) is 0.313. The van der Waals surface area contributed by atoms with Gasteiger partial charge in [0.15, 0.2) is 0 Å².